The predicted molar refractivity (Wildman–Crippen MR) is 115 cm³/mol. The highest BCUT2D eigenvalue weighted by Gasteiger charge is 2.25. The van der Waals surface area contributed by atoms with E-state index in [9.17, 15) is 9.59 Å². The van der Waals surface area contributed by atoms with Crippen molar-refractivity contribution in [2.45, 2.75) is 38.8 Å². The van der Waals surface area contributed by atoms with Gasteiger partial charge in [0, 0.05) is 36.7 Å². The Labute approximate surface area is 179 Å². The lowest BCUT2D eigenvalue weighted by Gasteiger charge is -2.23. The van der Waals surface area contributed by atoms with Crippen LogP contribution in [0.3, 0.4) is 0 Å². The Bertz CT molecular complexity index is 921. The van der Waals surface area contributed by atoms with E-state index in [4.69, 9.17) is 28.9 Å². The Hall–Kier alpha value is -2.15. The van der Waals surface area contributed by atoms with Crippen molar-refractivity contribution in [3.8, 4) is 0 Å². The van der Waals surface area contributed by atoms with E-state index in [0.717, 1.165) is 0 Å². The highest BCUT2D eigenvalue weighted by Crippen LogP contribution is 2.31. The third kappa shape index (κ3) is 5.47. The first-order valence-electron chi connectivity index (χ1n) is 9.23. The SMILES string of the molecule is CCC(N[C@H](C)CC(N)=O)c1ccc(Cl)c(C(=O)c2ccc(NC)c(Cl)c2)c1F. The van der Waals surface area contributed by atoms with Crippen LogP contribution in [0.5, 0.6) is 0 Å². The van der Waals surface area contributed by atoms with Crippen molar-refractivity contribution in [1.29, 1.82) is 0 Å². The molecule has 0 heterocycles. The lowest BCUT2D eigenvalue weighted by molar-refractivity contribution is -0.118. The molecule has 0 aliphatic heterocycles. The number of hydrogen-bond acceptors (Lipinski definition) is 4. The summed E-state index contributed by atoms with van der Waals surface area (Å²) in [5.74, 6) is -1.70. The van der Waals surface area contributed by atoms with E-state index >= 15 is 4.39 Å². The van der Waals surface area contributed by atoms with Gasteiger partial charge in [0.05, 0.1) is 21.3 Å². The zero-order chi connectivity index (χ0) is 21.7. The third-order valence-corrected chi connectivity index (χ3v) is 5.25. The van der Waals surface area contributed by atoms with Crippen LogP contribution in [-0.2, 0) is 4.79 Å². The zero-order valence-electron chi connectivity index (χ0n) is 16.5. The van der Waals surface area contributed by atoms with Crippen molar-refractivity contribution < 1.29 is 14.0 Å². The first kappa shape index (κ1) is 23.1. The fourth-order valence-corrected chi connectivity index (χ4v) is 3.69. The Balaban J connectivity index is 2.42. The van der Waals surface area contributed by atoms with E-state index in [1.54, 1.807) is 32.2 Å². The van der Waals surface area contributed by atoms with Gasteiger partial charge in [0.25, 0.3) is 0 Å². The molecule has 2 aromatic carbocycles. The summed E-state index contributed by atoms with van der Waals surface area (Å²) >= 11 is 12.3. The van der Waals surface area contributed by atoms with Crippen molar-refractivity contribution >= 4 is 40.6 Å². The maximum absolute atomic E-state index is 15.4. The van der Waals surface area contributed by atoms with Gasteiger partial charge in [-0.25, -0.2) is 4.39 Å². The van der Waals surface area contributed by atoms with Crippen LogP contribution in [0.4, 0.5) is 10.1 Å². The van der Waals surface area contributed by atoms with Crippen molar-refractivity contribution in [1.82, 2.24) is 5.32 Å². The quantitative estimate of drug-likeness (QED) is 0.493. The molecule has 5 nitrogen and oxygen atoms in total. The molecular formula is C21H24Cl2FN3O2. The smallest absolute Gasteiger partial charge is 0.218 e. The van der Waals surface area contributed by atoms with Crippen molar-refractivity contribution in [3.63, 3.8) is 0 Å². The summed E-state index contributed by atoms with van der Waals surface area (Å²) in [6.45, 7) is 3.67. The van der Waals surface area contributed by atoms with Gasteiger partial charge in [0.1, 0.15) is 5.82 Å². The number of anilines is 1. The Morgan fingerprint density at radius 3 is 2.41 bits per heavy atom. The number of carbonyl (C=O) groups excluding carboxylic acids is 2. The standard InChI is InChI=1S/C21H24Cl2FN3O2/c1-4-16(27-11(2)9-18(25)28)13-6-7-14(22)19(20(13)24)21(29)12-5-8-17(26-3)15(23)10-12/h5-8,10-11,16,26-27H,4,9H2,1-3H3,(H2,25,28)/t11-,16?/m1/s1. The predicted octanol–water partition coefficient (Wildman–Crippen LogP) is 4.71. The van der Waals surface area contributed by atoms with Crippen LogP contribution >= 0.6 is 23.2 Å². The minimum absolute atomic E-state index is 0.0186. The number of benzene rings is 2. The number of nitrogens with one attached hydrogen (secondary N) is 2. The molecule has 29 heavy (non-hydrogen) atoms. The average Bonchev–Trinajstić information content (AvgIpc) is 2.65. The molecule has 0 radical (unpaired) electrons. The van der Waals surface area contributed by atoms with Crippen molar-refractivity contribution in [2.75, 3.05) is 12.4 Å². The van der Waals surface area contributed by atoms with Gasteiger partial charge in [-0.15, -0.1) is 0 Å². The molecule has 1 amide bonds. The maximum atomic E-state index is 15.4. The molecule has 0 saturated heterocycles. The normalized spacial score (nSPS) is 13.0. The van der Waals surface area contributed by atoms with Crippen LogP contribution in [0.15, 0.2) is 30.3 Å². The van der Waals surface area contributed by atoms with Crippen LogP contribution in [0.2, 0.25) is 10.0 Å². The summed E-state index contributed by atoms with van der Waals surface area (Å²) in [7, 11) is 1.71. The van der Waals surface area contributed by atoms with Crippen LogP contribution in [-0.4, -0.2) is 24.8 Å². The first-order chi connectivity index (χ1) is 13.7. The molecule has 1 unspecified atom stereocenters. The Kier molecular flexibility index (Phi) is 8.02. The number of carbonyl (C=O) groups is 2. The van der Waals surface area contributed by atoms with Crippen molar-refractivity contribution in [2.24, 2.45) is 5.73 Å². The summed E-state index contributed by atoms with van der Waals surface area (Å²) in [6.07, 6.45) is 0.659. The van der Waals surface area contributed by atoms with Crippen molar-refractivity contribution in [3.05, 3.63) is 62.9 Å². The molecule has 0 aromatic heterocycles. The molecule has 0 bridgehead atoms. The second-order valence-electron chi connectivity index (χ2n) is 6.80. The average molecular weight is 440 g/mol. The summed E-state index contributed by atoms with van der Waals surface area (Å²) < 4.78 is 15.4. The molecule has 0 fully saturated rings. The number of halogens is 3. The number of hydrogen-bond donors (Lipinski definition) is 3. The largest absolute Gasteiger partial charge is 0.387 e. The van der Waals surface area contributed by atoms with Crippen LogP contribution in [0.1, 0.15) is 54.2 Å². The minimum Gasteiger partial charge on any atom is -0.387 e. The van der Waals surface area contributed by atoms with E-state index in [1.165, 1.54) is 12.1 Å². The highest BCUT2D eigenvalue weighted by molar-refractivity contribution is 6.36. The van der Waals surface area contributed by atoms with Gasteiger partial charge < -0.3 is 16.4 Å². The van der Waals surface area contributed by atoms with Gasteiger partial charge in [0.2, 0.25) is 5.91 Å². The number of ketones is 1. The van der Waals surface area contributed by atoms with Crippen LogP contribution in [0.25, 0.3) is 0 Å². The lowest BCUT2D eigenvalue weighted by Crippen LogP contribution is -2.34. The van der Waals surface area contributed by atoms with E-state index in [-0.39, 0.29) is 28.6 Å². The van der Waals surface area contributed by atoms with Gasteiger partial charge in [0.15, 0.2) is 5.78 Å². The summed E-state index contributed by atoms with van der Waals surface area (Å²) in [5, 5.41) is 6.45. The van der Waals surface area contributed by atoms with Gasteiger partial charge in [-0.05, 0) is 37.6 Å². The van der Waals surface area contributed by atoms with Gasteiger partial charge in [-0.1, -0.05) is 36.2 Å². The highest BCUT2D eigenvalue weighted by atomic mass is 35.5. The Morgan fingerprint density at radius 1 is 1.17 bits per heavy atom. The molecule has 2 rings (SSSR count). The molecule has 0 aliphatic rings. The maximum Gasteiger partial charge on any atom is 0.218 e. The van der Waals surface area contributed by atoms with Gasteiger partial charge in [-0.3, -0.25) is 9.59 Å². The number of amides is 1. The van der Waals surface area contributed by atoms with E-state index in [0.29, 0.717) is 22.7 Å². The molecule has 0 aliphatic carbocycles. The van der Waals surface area contributed by atoms with Crippen LogP contribution < -0.4 is 16.4 Å². The molecule has 2 atom stereocenters. The number of rotatable bonds is 9. The minimum atomic E-state index is -0.693. The summed E-state index contributed by atoms with van der Waals surface area (Å²) in [4.78, 5) is 24.1. The summed E-state index contributed by atoms with van der Waals surface area (Å²) in [6, 6.07) is 7.06. The fourth-order valence-electron chi connectivity index (χ4n) is 3.18. The van der Waals surface area contributed by atoms with E-state index in [2.05, 4.69) is 10.6 Å². The Morgan fingerprint density at radius 2 is 1.86 bits per heavy atom. The fraction of sp³-hybridized carbons (Fsp3) is 0.333. The monoisotopic (exact) mass is 439 g/mol. The second kappa shape index (κ2) is 10.1. The molecule has 4 N–H and O–H groups in total. The number of primary amides is 1. The van der Waals surface area contributed by atoms with E-state index in [1.807, 2.05) is 6.92 Å². The first-order valence-corrected chi connectivity index (χ1v) is 9.99. The molecule has 2 aromatic rings. The summed E-state index contributed by atoms with van der Waals surface area (Å²) in [5.41, 5.74) is 6.21. The lowest BCUT2D eigenvalue weighted by atomic mass is 9.95. The topological polar surface area (TPSA) is 84.2 Å². The second-order valence-corrected chi connectivity index (χ2v) is 7.61. The van der Waals surface area contributed by atoms with Gasteiger partial charge >= 0.3 is 0 Å². The molecule has 0 saturated carbocycles. The molecular weight excluding hydrogens is 416 g/mol. The molecule has 0 spiro atoms. The third-order valence-electron chi connectivity index (χ3n) is 4.63. The molecule has 156 valence electrons. The molecule has 8 heteroatoms. The van der Waals surface area contributed by atoms with Gasteiger partial charge in [-0.2, -0.15) is 0 Å². The number of nitrogens with two attached hydrogens (primary N) is 1. The van der Waals surface area contributed by atoms with Crippen LogP contribution in [0, 0.1) is 5.82 Å². The zero-order valence-corrected chi connectivity index (χ0v) is 18.0. The van der Waals surface area contributed by atoms with E-state index < -0.39 is 23.5 Å².